The second-order valence-corrected chi connectivity index (χ2v) is 4.58. The summed E-state index contributed by atoms with van der Waals surface area (Å²) >= 11 is 0. The second-order valence-electron chi connectivity index (χ2n) is 4.58. The van der Waals surface area contributed by atoms with E-state index in [0.29, 0.717) is 0 Å². The monoisotopic (exact) mass is 237 g/mol. The van der Waals surface area contributed by atoms with Crippen molar-refractivity contribution < 1.29 is 4.39 Å². The summed E-state index contributed by atoms with van der Waals surface area (Å²) in [4.78, 5) is 0. The minimum atomic E-state index is -0.858. The summed E-state index contributed by atoms with van der Waals surface area (Å²) in [7, 11) is 0. The van der Waals surface area contributed by atoms with Gasteiger partial charge in [0, 0.05) is 0 Å². The van der Waals surface area contributed by atoms with Crippen LogP contribution in [-0.2, 0) is 0 Å². The predicted octanol–water partition coefficient (Wildman–Crippen LogP) is 4.26. The molecule has 0 bridgehead atoms. The number of halogens is 1. The average Bonchev–Trinajstić information content (AvgIpc) is 2.34. The maximum Gasteiger partial charge on any atom is 0.117 e. The Balaban J connectivity index is 2.40. The molecule has 1 N–H and O–H groups in total. The van der Waals surface area contributed by atoms with E-state index in [1.54, 1.807) is 6.92 Å². The fourth-order valence-electron chi connectivity index (χ4n) is 2.02. The Morgan fingerprint density at radius 2 is 1.82 bits per heavy atom. The molecule has 0 saturated heterocycles. The molecule has 2 atom stereocenters. The third-order valence-electron chi connectivity index (χ3n) is 3.01. The van der Waals surface area contributed by atoms with Gasteiger partial charge in [0.1, 0.15) is 6.17 Å². The van der Waals surface area contributed by atoms with Gasteiger partial charge in [-0.05, 0) is 25.5 Å². The summed E-state index contributed by atoms with van der Waals surface area (Å²) in [6, 6.07) is 9.69. The molecular formula is C15H24FN. The van der Waals surface area contributed by atoms with Crippen LogP contribution in [0.3, 0.4) is 0 Å². The Labute approximate surface area is 104 Å². The molecule has 0 aliphatic rings. The number of alkyl halides is 1. The molecule has 1 aromatic rings. The van der Waals surface area contributed by atoms with Crippen molar-refractivity contribution in [3.05, 3.63) is 35.9 Å². The second kappa shape index (κ2) is 8.24. The van der Waals surface area contributed by atoms with Crippen LogP contribution in [0.15, 0.2) is 30.3 Å². The molecule has 0 aliphatic carbocycles. The number of hydrogen-bond donors (Lipinski definition) is 1. The first-order valence-corrected chi connectivity index (χ1v) is 6.68. The van der Waals surface area contributed by atoms with Gasteiger partial charge in [-0.1, -0.05) is 56.5 Å². The first kappa shape index (κ1) is 14.2. The van der Waals surface area contributed by atoms with Gasteiger partial charge in [0.15, 0.2) is 0 Å². The molecule has 0 heterocycles. The topological polar surface area (TPSA) is 12.0 Å². The molecule has 1 nitrogen and oxygen atoms in total. The molecule has 0 aromatic heterocycles. The first-order chi connectivity index (χ1) is 8.25. The fourth-order valence-corrected chi connectivity index (χ4v) is 2.02. The van der Waals surface area contributed by atoms with Crippen LogP contribution in [-0.4, -0.2) is 12.7 Å². The Kier molecular flexibility index (Phi) is 6.87. The quantitative estimate of drug-likeness (QED) is 0.666. The molecule has 17 heavy (non-hydrogen) atoms. The van der Waals surface area contributed by atoms with Crippen LogP contribution in [0, 0.1) is 0 Å². The van der Waals surface area contributed by atoms with Gasteiger partial charge >= 0.3 is 0 Å². The SMILES string of the molecule is CCCCCCN[C@H](c1ccccc1)[C@@H](C)F. The maximum absolute atomic E-state index is 13.6. The summed E-state index contributed by atoms with van der Waals surface area (Å²) < 4.78 is 13.6. The van der Waals surface area contributed by atoms with Gasteiger partial charge in [0.2, 0.25) is 0 Å². The number of hydrogen-bond acceptors (Lipinski definition) is 1. The lowest BCUT2D eigenvalue weighted by molar-refractivity contribution is 0.271. The lowest BCUT2D eigenvalue weighted by Crippen LogP contribution is -2.28. The smallest absolute Gasteiger partial charge is 0.117 e. The van der Waals surface area contributed by atoms with E-state index >= 15 is 0 Å². The van der Waals surface area contributed by atoms with Crippen LogP contribution >= 0.6 is 0 Å². The largest absolute Gasteiger partial charge is 0.308 e. The lowest BCUT2D eigenvalue weighted by atomic mass is 10.0. The normalized spacial score (nSPS) is 14.5. The van der Waals surface area contributed by atoms with Gasteiger partial charge in [-0.3, -0.25) is 0 Å². The number of unbranched alkanes of at least 4 members (excludes halogenated alkanes) is 3. The Bertz CT molecular complexity index is 284. The Morgan fingerprint density at radius 3 is 2.41 bits per heavy atom. The third-order valence-corrected chi connectivity index (χ3v) is 3.01. The van der Waals surface area contributed by atoms with Crippen molar-refractivity contribution in [3.8, 4) is 0 Å². The highest BCUT2D eigenvalue weighted by Gasteiger charge is 2.17. The van der Waals surface area contributed by atoms with Gasteiger partial charge in [0.25, 0.3) is 0 Å². The molecule has 0 unspecified atom stereocenters. The molecule has 0 spiro atoms. The summed E-state index contributed by atoms with van der Waals surface area (Å²) in [6.07, 6.45) is 4.00. The van der Waals surface area contributed by atoms with Crippen molar-refractivity contribution in [2.24, 2.45) is 0 Å². The summed E-state index contributed by atoms with van der Waals surface area (Å²) in [5.41, 5.74) is 1.04. The van der Waals surface area contributed by atoms with Crippen molar-refractivity contribution in [1.29, 1.82) is 0 Å². The molecule has 0 amide bonds. The van der Waals surface area contributed by atoms with E-state index in [-0.39, 0.29) is 6.04 Å². The summed E-state index contributed by atoms with van der Waals surface area (Å²) in [5.74, 6) is 0. The number of rotatable bonds is 8. The van der Waals surface area contributed by atoms with E-state index in [9.17, 15) is 4.39 Å². The van der Waals surface area contributed by atoms with E-state index in [2.05, 4.69) is 12.2 Å². The highest BCUT2D eigenvalue weighted by molar-refractivity contribution is 5.19. The van der Waals surface area contributed by atoms with Crippen molar-refractivity contribution in [3.63, 3.8) is 0 Å². The molecule has 96 valence electrons. The van der Waals surface area contributed by atoms with Gasteiger partial charge in [-0.2, -0.15) is 0 Å². The molecule has 1 aromatic carbocycles. The standard InChI is InChI=1S/C15H24FN/c1-3-4-5-9-12-17-15(13(2)16)14-10-7-6-8-11-14/h6-8,10-11,13,15,17H,3-5,9,12H2,1-2H3/t13-,15+/m1/s1. The fraction of sp³-hybridized carbons (Fsp3) is 0.600. The summed E-state index contributed by atoms with van der Waals surface area (Å²) in [6.45, 7) is 4.72. The number of benzene rings is 1. The van der Waals surface area contributed by atoms with Gasteiger partial charge in [-0.25, -0.2) is 4.39 Å². The van der Waals surface area contributed by atoms with E-state index in [1.165, 1.54) is 19.3 Å². The van der Waals surface area contributed by atoms with E-state index in [1.807, 2.05) is 30.3 Å². The minimum absolute atomic E-state index is 0.169. The molecule has 1 rings (SSSR count). The van der Waals surface area contributed by atoms with Crippen molar-refractivity contribution >= 4 is 0 Å². The molecule has 0 radical (unpaired) electrons. The van der Waals surface area contributed by atoms with Gasteiger partial charge in [0.05, 0.1) is 6.04 Å². The average molecular weight is 237 g/mol. The number of nitrogens with one attached hydrogen (secondary N) is 1. The minimum Gasteiger partial charge on any atom is -0.308 e. The van der Waals surface area contributed by atoms with E-state index < -0.39 is 6.17 Å². The highest BCUT2D eigenvalue weighted by Crippen LogP contribution is 2.18. The third kappa shape index (κ3) is 5.31. The van der Waals surface area contributed by atoms with Crippen LogP contribution < -0.4 is 5.32 Å². The Morgan fingerprint density at radius 1 is 1.12 bits per heavy atom. The highest BCUT2D eigenvalue weighted by atomic mass is 19.1. The summed E-state index contributed by atoms with van der Waals surface area (Å²) in [5, 5.41) is 3.32. The zero-order valence-electron chi connectivity index (χ0n) is 11.0. The van der Waals surface area contributed by atoms with Crippen molar-refractivity contribution in [1.82, 2.24) is 5.32 Å². The van der Waals surface area contributed by atoms with E-state index in [0.717, 1.165) is 18.5 Å². The molecule has 0 aliphatic heterocycles. The van der Waals surface area contributed by atoms with Gasteiger partial charge < -0.3 is 5.32 Å². The van der Waals surface area contributed by atoms with Crippen molar-refractivity contribution in [2.75, 3.05) is 6.54 Å². The molecular weight excluding hydrogens is 213 g/mol. The zero-order chi connectivity index (χ0) is 12.5. The van der Waals surface area contributed by atoms with Crippen LogP contribution in [0.5, 0.6) is 0 Å². The van der Waals surface area contributed by atoms with Crippen molar-refractivity contribution in [2.45, 2.75) is 51.7 Å². The molecule has 0 saturated carbocycles. The van der Waals surface area contributed by atoms with Crippen LogP contribution in [0.2, 0.25) is 0 Å². The van der Waals surface area contributed by atoms with E-state index in [4.69, 9.17) is 0 Å². The predicted molar refractivity (Wildman–Crippen MR) is 71.9 cm³/mol. The van der Waals surface area contributed by atoms with Gasteiger partial charge in [-0.15, -0.1) is 0 Å². The Hall–Kier alpha value is -0.890. The lowest BCUT2D eigenvalue weighted by Gasteiger charge is -2.20. The van der Waals surface area contributed by atoms with Crippen LogP contribution in [0.25, 0.3) is 0 Å². The maximum atomic E-state index is 13.6. The van der Waals surface area contributed by atoms with Crippen LogP contribution in [0.1, 0.15) is 51.1 Å². The molecule has 2 heteroatoms. The zero-order valence-corrected chi connectivity index (χ0v) is 11.0. The molecule has 0 fully saturated rings. The van der Waals surface area contributed by atoms with Crippen LogP contribution in [0.4, 0.5) is 4.39 Å². The first-order valence-electron chi connectivity index (χ1n) is 6.68.